The number of nitrogens with one attached hydrogen (secondary N) is 2. The average molecular weight is 489 g/mol. The van der Waals surface area contributed by atoms with E-state index in [1.165, 1.54) is 0 Å². The van der Waals surface area contributed by atoms with Crippen molar-refractivity contribution in [1.29, 1.82) is 0 Å². The molecule has 4 rings (SSSR count). The van der Waals surface area contributed by atoms with E-state index in [2.05, 4.69) is 16.7 Å². The molecule has 2 aromatic carbocycles. The third-order valence-electron chi connectivity index (χ3n) is 6.99. The lowest BCUT2D eigenvalue weighted by molar-refractivity contribution is -0.137. The Kier molecular flexibility index (Phi) is 7.48. The van der Waals surface area contributed by atoms with Gasteiger partial charge in [-0.3, -0.25) is 14.5 Å². The van der Waals surface area contributed by atoms with Crippen LogP contribution in [0.2, 0.25) is 0 Å². The zero-order chi connectivity index (χ0) is 26.0. The van der Waals surface area contributed by atoms with Gasteiger partial charge < -0.3 is 15.5 Å². The first-order valence-electron chi connectivity index (χ1n) is 12.7. The molecule has 2 atom stereocenters. The summed E-state index contributed by atoms with van der Waals surface area (Å²) in [6.45, 7) is 11.1. The summed E-state index contributed by atoms with van der Waals surface area (Å²) in [5.74, 6) is -0.153. The minimum Gasteiger partial charge on any atom is -0.350 e. The lowest BCUT2D eigenvalue weighted by Gasteiger charge is -2.33. The quantitative estimate of drug-likeness (QED) is 0.584. The highest BCUT2D eigenvalue weighted by Crippen LogP contribution is 2.38. The second-order valence-corrected chi connectivity index (χ2v) is 10.1. The predicted octanol–water partition coefficient (Wildman–Crippen LogP) is 4.22. The van der Waals surface area contributed by atoms with E-state index in [1.54, 1.807) is 9.80 Å². The normalized spacial score (nSPS) is 18.4. The van der Waals surface area contributed by atoms with Gasteiger partial charge in [-0.2, -0.15) is 0 Å². The van der Waals surface area contributed by atoms with Gasteiger partial charge in [-0.1, -0.05) is 67.9 Å². The largest absolute Gasteiger partial charge is 0.350 e. The molecule has 0 spiro atoms. The number of urea groups is 1. The van der Waals surface area contributed by atoms with Crippen LogP contribution in [0.4, 0.5) is 4.79 Å². The van der Waals surface area contributed by atoms with Gasteiger partial charge >= 0.3 is 6.03 Å². The third-order valence-corrected chi connectivity index (χ3v) is 6.99. The number of aryl methyl sites for hydroxylation is 2. The summed E-state index contributed by atoms with van der Waals surface area (Å²) < 4.78 is 0. The van der Waals surface area contributed by atoms with Crippen LogP contribution in [0.5, 0.6) is 0 Å². The lowest BCUT2D eigenvalue weighted by atomic mass is 9.91. The fourth-order valence-corrected chi connectivity index (χ4v) is 5.21. The fraction of sp³-hybridized carbons (Fsp3) is 0.414. The topological polar surface area (TPSA) is 81.8 Å². The Morgan fingerprint density at radius 2 is 1.83 bits per heavy atom. The molecule has 2 aliphatic heterocycles. The molecule has 2 N–H and O–H groups in total. The summed E-state index contributed by atoms with van der Waals surface area (Å²) in [4.78, 5) is 43.8. The SMILES string of the molecule is CCN1C(=O)N[C@@H](c2ccc(C)cc2C)C2=C1CN([C@H](CC(C)C)C(=O)NCc1ccccc1)C2=O. The van der Waals surface area contributed by atoms with E-state index < -0.39 is 12.1 Å². The molecule has 7 heteroatoms. The van der Waals surface area contributed by atoms with E-state index in [4.69, 9.17) is 0 Å². The molecule has 0 aromatic heterocycles. The number of hydrogen-bond acceptors (Lipinski definition) is 3. The zero-order valence-electron chi connectivity index (χ0n) is 21.8. The highest BCUT2D eigenvalue weighted by molar-refractivity contribution is 6.03. The Hall–Kier alpha value is -3.61. The van der Waals surface area contributed by atoms with Crippen LogP contribution in [0.25, 0.3) is 0 Å². The number of benzene rings is 2. The molecule has 7 nitrogen and oxygen atoms in total. The summed E-state index contributed by atoms with van der Waals surface area (Å²) in [5, 5.41) is 6.08. The van der Waals surface area contributed by atoms with Crippen LogP contribution in [0.1, 0.15) is 55.5 Å². The number of rotatable bonds is 8. The maximum absolute atomic E-state index is 14.0. The molecule has 0 fully saturated rings. The van der Waals surface area contributed by atoms with Crippen LogP contribution >= 0.6 is 0 Å². The van der Waals surface area contributed by atoms with Crippen molar-refractivity contribution >= 4 is 17.8 Å². The molecule has 0 saturated carbocycles. The van der Waals surface area contributed by atoms with Gasteiger partial charge in [0.2, 0.25) is 5.91 Å². The summed E-state index contributed by atoms with van der Waals surface area (Å²) in [6, 6.07) is 14.4. The van der Waals surface area contributed by atoms with E-state index in [1.807, 2.05) is 77.1 Å². The molecule has 2 aliphatic rings. The Morgan fingerprint density at radius 3 is 2.47 bits per heavy atom. The van der Waals surface area contributed by atoms with Crippen molar-refractivity contribution < 1.29 is 14.4 Å². The van der Waals surface area contributed by atoms with Gasteiger partial charge in [0.05, 0.1) is 23.9 Å². The molecule has 190 valence electrons. The van der Waals surface area contributed by atoms with Crippen molar-refractivity contribution in [2.75, 3.05) is 13.1 Å². The van der Waals surface area contributed by atoms with Gasteiger partial charge in [0.25, 0.3) is 5.91 Å². The zero-order valence-corrected chi connectivity index (χ0v) is 21.8. The van der Waals surface area contributed by atoms with Gasteiger partial charge in [0.15, 0.2) is 0 Å². The summed E-state index contributed by atoms with van der Waals surface area (Å²) in [7, 11) is 0. The first-order valence-corrected chi connectivity index (χ1v) is 12.7. The molecular weight excluding hydrogens is 452 g/mol. The van der Waals surface area contributed by atoms with E-state index in [0.717, 1.165) is 22.3 Å². The first kappa shape index (κ1) is 25.5. The van der Waals surface area contributed by atoms with Gasteiger partial charge in [-0.05, 0) is 49.8 Å². The maximum atomic E-state index is 14.0. The summed E-state index contributed by atoms with van der Waals surface area (Å²) in [5.41, 5.74) is 5.30. The lowest BCUT2D eigenvalue weighted by Crippen LogP contribution is -2.49. The third kappa shape index (κ3) is 5.01. The molecule has 4 amide bonds. The van der Waals surface area contributed by atoms with Crippen molar-refractivity contribution in [3.8, 4) is 0 Å². The van der Waals surface area contributed by atoms with Crippen LogP contribution in [-0.2, 0) is 16.1 Å². The molecule has 0 unspecified atom stereocenters. The molecule has 0 saturated heterocycles. The van der Waals surface area contributed by atoms with Gasteiger partial charge in [-0.15, -0.1) is 0 Å². The van der Waals surface area contributed by atoms with E-state index in [-0.39, 0.29) is 30.3 Å². The minimum atomic E-state index is -0.625. The van der Waals surface area contributed by atoms with Crippen molar-refractivity contribution in [3.05, 3.63) is 82.1 Å². The van der Waals surface area contributed by atoms with Crippen LogP contribution in [0, 0.1) is 19.8 Å². The summed E-state index contributed by atoms with van der Waals surface area (Å²) >= 11 is 0. The molecule has 2 heterocycles. The van der Waals surface area contributed by atoms with E-state index in [9.17, 15) is 14.4 Å². The second kappa shape index (κ2) is 10.6. The Bertz CT molecular complexity index is 1190. The highest BCUT2D eigenvalue weighted by Gasteiger charge is 2.47. The van der Waals surface area contributed by atoms with E-state index >= 15 is 0 Å². The van der Waals surface area contributed by atoms with Crippen molar-refractivity contribution in [2.45, 2.75) is 59.7 Å². The van der Waals surface area contributed by atoms with Crippen molar-refractivity contribution in [3.63, 3.8) is 0 Å². The Balaban J connectivity index is 1.66. The van der Waals surface area contributed by atoms with Crippen molar-refractivity contribution in [2.24, 2.45) is 5.92 Å². The van der Waals surface area contributed by atoms with E-state index in [0.29, 0.717) is 30.8 Å². The standard InChI is InChI=1S/C29H36N4O3/c1-6-32-24-17-33(23(14-18(2)3)27(34)30-16-21-10-8-7-9-11-21)28(35)25(24)26(31-29(32)36)22-13-12-19(4)15-20(22)5/h7-13,15,18,23,26H,6,14,16-17H2,1-5H3,(H,30,34)(H,31,36)/t23-,26+/m1/s1. The minimum absolute atomic E-state index is 0.175. The molecular formula is C29H36N4O3. The number of amides is 4. The molecule has 36 heavy (non-hydrogen) atoms. The monoisotopic (exact) mass is 488 g/mol. The second-order valence-electron chi connectivity index (χ2n) is 10.1. The number of carbonyl (C=O) groups is 3. The molecule has 0 bridgehead atoms. The number of likely N-dealkylation sites (N-methyl/N-ethyl adjacent to an activating group) is 1. The Morgan fingerprint density at radius 1 is 1.11 bits per heavy atom. The fourth-order valence-electron chi connectivity index (χ4n) is 5.21. The highest BCUT2D eigenvalue weighted by atomic mass is 16.2. The number of nitrogens with zero attached hydrogens (tertiary/aromatic N) is 2. The van der Waals surface area contributed by atoms with Crippen LogP contribution in [-0.4, -0.2) is 46.8 Å². The van der Waals surface area contributed by atoms with Crippen molar-refractivity contribution in [1.82, 2.24) is 20.4 Å². The molecule has 0 radical (unpaired) electrons. The summed E-state index contributed by atoms with van der Waals surface area (Å²) in [6.07, 6.45) is 0.536. The number of hydrogen-bond donors (Lipinski definition) is 2. The molecule has 0 aliphatic carbocycles. The predicted molar refractivity (Wildman–Crippen MR) is 140 cm³/mol. The Labute approximate surface area is 213 Å². The van der Waals surface area contributed by atoms with Crippen LogP contribution < -0.4 is 10.6 Å². The smallest absolute Gasteiger partial charge is 0.322 e. The molecule has 2 aromatic rings. The van der Waals surface area contributed by atoms with Crippen LogP contribution in [0.15, 0.2) is 59.8 Å². The van der Waals surface area contributed by atoms with Gasteiger partial charge in [0, 0.05) is 13.1 Å². The van der Waals surface area contributed by atoms with Crippen LogP contribution in [0.3, 0.4) is 0 Å². The van der Waals surface area contributed by atoms with Gasteiger partial charge in [-0.25, -0.2) is 4.79 Å². The maximum Gasteiger partial charge on any atom is 0.322 e. The van der Waals surface area contributed by atoms with Gasteiger partial charge in [0.1, 0.15) is 6.04 Å². The number of carbonyl (C=O) groups excluding carboxylic acids is 3. The average Bonchev–Trinajstić information content (AvgIpc) is 3.18. The first-order chi connectivity index (χ1) is 17.2.